The van der Waals surface area contributed by atoms with Gasteiger partial charge in [0, 0.05) is 16.3 Å². The van der Waals surface area contributed by atoms with E-state index in [9.17, 15) is 9.59 Å². The first-order chi connectivity index (χ1) is 8.19. The molecule has 0 radical (unpaired) electrons. The number of hydrogen-bond acceptors (Lipinski definition) is 3. The van der Waals surface area contributed by atoms with Crippen LogP contribution in [0.3, 0.4) is 0 Å². The van der Waals surface area contributed by atoms with Crippen molar-refractivity contribution in [1.29, 1.82) is 0 Å². The molecule has 0 saturated carbocycles. The molecule has 0 aliphatic carbocycles. The van der Waals surface area contributed by atoms with E-state index in [0.717, 1.165) is 13.0 Å². The van der Waals surface area contributed by atoms with Crippen molar-refractivity contribution in [3.05, 3.63) is 0 Å². The van der Waals surface area contributed by atoms with E-state index in [2.05, 4.69) is 17.0 Å². The van der Waals surface area contributed by atoms with Gasteiger partial charge in [-0.3, -0.25) is 4.79 Å². The average molecular weight is 264 g/mol. The van der Waals surface area contributed by atoms with Crippen molar-refractivity contribution >= 4 is 12.0 Å². The summed E-state index contributed by atoms with van der Waals surface area (Å²) < 4.78 is 4.58. The Morgan fingerprint density at radius 3 is 2.06 bits per heavy atom. The molecule has 0 fully saturated rings. The number of hydrogen-bond donors (Lipinski definition) is 2. The second kappa shape index (κ2) is 10.9. The van der Waals surface area contributed by atoms with Gasteiger partial charge in [-0.15, -0.1) is 0 Å². The normalized spacial score (nSPS) is 10.1. The van der Waals surface area contributed by atoms with Gasteiger partial charge in [0.2, 0.25) is 5.91 Å². The van der Waals surface area contributed by atoms with Crippen molar-refractivity contribution in [2.45, 2.75) is 65.9 Å². The highest BCUT2D eigenvalue weighted by Crippen LogP contribution is 2.04. The molecule has 0 aliphatic rings. The fraction of sp³-hybridized carbons (Fsp3) is 0.846. The Bertz CT molecular complexity index is 244. The topological polar surface area (TPSA) is 81.4 Å². The molecule has 0 rings (SSSR count). The molecule has 5 nitrogen and oxygen atoms in total. The smallest absolute Gasteiger partial charge is 0.405 e. The largest absolute Gasteiger partial charge is 0.444 e. The van der Waals surface area contributed by atoms with Gasteiger partial charge in [-0.2, -0.15) is 0 Å². The average Bonchev–Trinajstić information content (AvgIpc) is 2.13. The molecule has 3 N–H and O–H groups in total. The molecule has 2 amide bonds. The van der Waals surface area contributed by atoms with Crippen molar-refractivity contribution in [1.82, 2.24) is 5.32 Å². The number of carbonyl (C=O) groups is 2. The van der Waals surface area contributed by atoms with E-state index in [1.165, 1.54) is 19.3 Å². The maximum atomic E-state index is 10.4. The van der Waals surface area contributed by atoms with Crippen LogP contribution in [0.4, 0.5) is 4.79 Å². The third kappa shape index (κ3) is 24.1. The van der Waals surface area contributed by atoms with Crippen LogP contribution < -0.4 is 11.1 Å². The van der Waals surface area contributed by atoms with Crippen molar-refractivity contribution in [2.75, 3.05) is 6.54 Å². The second-order valence-electron chi connectivity index (χ2n) is 5.08. The monoisotopic (exact) mass is 264 g/mol. The fourth-order valence-corrected chi connectivity index (χ4v) is 1.12. The van der Waals surface area contributed by atoms with Gasteiger partial charge in [0.15, 0.2) is 0 Å². The Morgan fingerprint density at radius 1 is 1.22 bits per heavy atom. The fourth-order valence-electron chi connectivity index (χ4n) is 1.12. The first-order valence-corrected chi connectivity index (χ1v) is 6.42. The van der Waals surface area contributed by atoms with Gasteiger partial charge in [-0.1, -0.05) is 26.2 Å². The molecule has 5 heteroatoms. The Labute approximate surface area is 113 Å². The minimum Gasteiger partial charge on any atom is -0.444 e. The molecular formula is C13H32N2O3. The lowest BCUT2D eigenvalue weighted by atomic mass is 10.2. The third-order valence-corrected chi connectivity index (χ3v) is 1.81. The first-order valence-electron chi connectivity index (χ1n) is 6.42. The number of unbranched alkanes of at least 4 members (excludes halogenated alkanes) is 3. The van der Waals surface area contributed by atoms with Gasteiger partial charge in [0.1, 0.15) is 5.60 Å². The Balaban J connectivity index is -0.000000119. The summed E-state index contributed by atoms with van der Waals surface area (Å²) in [6.45, 7) is 9.86. The van der Waals surface area contributed by atoms with Crippen molar-refractivity contribution in [3.8, 4) is 0 Å². The number of carbonyl (C=O) groups excluding carboxylic acids is 2. The Kier molecular flexibility index (Phi) is 11.5. The lowest BCUT2D eigenvalue weighted by Crippen LogP contribution is -2.27. The maximum Gasteiger partial charge on any atom is 0.405 e. The summed E-state index contributed by atoms with van der Waals surface area (Å²) in [6.07, 6.45) is 4.15. The molecule has 0 bridgehead atoms. The van der Waals surface area contributed by atoms with Gasteiger partial charge in [-0.05, 0) is 27.2 Å². The summed E-state index contributed by atoms with van der Waals surface area (Å²) in [7, 11) is 0. The van der Waals surface area contributed by atoms with Crippen LogP contribution in [0.5, 0.6) is 0 Å². The SMILES string of the molecule is CC(C)(C)OC(N)=O.CCCCCCNC(C)=O.[HH].[HH]. The van der Waals surface area contributed by atoms with E-state index in [1.54, 1.807) is 27.7 Å². The molecular weight excluding hydrogens is 232 g/mol. The van der Waals surface area contributed by atoms with Crippen LogP contribution in [0, 0.1) is 0 Å². The molecule has 0 atom stereocenters. The highest BCUT2D eigenvalue weighted by molar-refractivity contribution is 5.72. The summed E-state index contributed by atoms with van der Waals surface area (Å²) in [4.78, 5) is 20.4. The molecule has 0 aromatic carbocycles. The minimum atomic E-state index is -0.725. The molecule has 0 aromatic heterocycles. The van der Waals surface area contributed by atoms with E-state index in [0.29, 0.717) is 0 Å². The molecule has 18 heavy (non-hydrogen) atoms. The van der Waals surface area contributed by atoms with Gasteiger partial charge in [0.05, 0.1) is 0 Å². The highest BCUT2D eigenvalue weighted by atomic mass is 16.6. The summed E-state index contributed by atoms with van der Waals surface area (Å²) in [5, 5.41) is 2.77. The second-order valence-corrected chi connectivity index (χ2v) is 5.08. The number of primary amides is 1. The minimum absolute atomic E-state index is 0. The van der Waals surface area contributed by atoms with E-state index >= 15 is 0 Å². The molecule has 0 aliphatic heterocycles. The third-order valence-electron chi connectivity index (χ3n) is 1.81. The zero-order valence-corrected chi connectivity index (χ0v) is 12.3. The summed E-state index contributed by atoms with van der Waals surface area (Å²) >= 11 is 0. The Hall–Kier alpha value is -1.26. The van der Waals surface area contributed by atoms with Crippen LogP contribution in [-0.4, -0.2) is 24.1 Å². The van der Waals surface area contributed by atoms with Gasteiger partial charge in [0.25, 0.3) is 0 Å². The summed E-state index contributed by atoms with van der Waals surface area (Å²) in [5.74, 6) is 0.0801. The predicted molar refractivity (Wildman–Crippen MR) is 77.5 cm³/mol. The lowest BCUT2D eigenvalue weighted by Gasteiger charge is -2.16. The van der Waals surface area contributed by atoms with Gasteiger partial charge < -0.3 is 15.8 Å². The standard InChI is InChI=1S/C8H17NO.C5H11NO2.2H2/c1-3-4-5-6-7-9-8(2)10;1-5(2,3)8-4(6)7;;/h3-7H2,1-2H3,(H,9,10);1-3H3,(H2,6,7);2*1H. The summed E-state index contributed by atoms with van der Waals surface area (Å²) in [5.41, 5.74) is 4.26. The van der Waals surface area contributed by atoms with Crippen LogP contribution in [0.15, 0.2) is 0 Å². The van der Waals surface area contributed by atoms with Crippen molar-refractivity contribution in [3.63, 3.8) is 0 Å². The maximum absolute atomic E-state index is 10.4. The number of rotatable bonds is 5. The van der Waals surface area contributed by atoms with E-state index < -0.39 is 11.7 Å². The van der Waals surface area contributed by atoms with Gasteiger partial charge >= 0.3 is 6.09 Å². The van der Waals surface area contributed by atoms with Crippen molar-refractivity contribution < 1.29 is 17.2 Å². The molecule has 0 heterocycles. The van der Waals surface area contributed by atoms with Gasteiger partial charge in [-0.25, -0.2) is 4.79 Å². The molecule has 0 saturated heterocycles. The molecule has 0 unspecified atom stereocenters. The number of ether oxygens (including phenoxy) is 1. The van der Waals surface area contributed by atoms with Crippen LogP contribution in [0.1, 0.15) is 63.2 Å². The lowest BCUT2D eigenvalue weighted by molar-refractivity contribution is -0.118. The molecule has 112 valence electrons. The van der Waals surface area contributed by atoms with E-state index in [1.807, 2.05) is 0 Å². The number of nitrogens with two attached hydrogens (primary N) is 1. The highest BCUT2D eigenvalue weighted by Gasteiger charge is 2.12. The van der Waals surface area contributed by atoms with E-state index in [-0.39, 0.29) is 8.76 Å². The Morgan fingerprint density at radius 2 is 1.78 bits per heavy atom. The zero-order chi connectivity index (χ0) is 14.6. The molecule has 0 spiro atoms. The quantitative estimate of drug-likeness (QED) is 0.749. The number of amides is 2. The van der Waals surface area contributed by atoms with Crippen LogP contribution >= 0.6 is 0 Å². The zero-order valence-electron chi connectivity index (χ0n) is 12.3. The summed E-state index contributed by atoms with van der Waals surface area (Å²) in [6, 6.07) is 0. The molecule has 0 aromatic rings. The first kappa shape index (κ1) is 19.1. The van der Waals surface area contributed by atoms with Crippen LogP contribution in [0.2, 0.25) is 0 Å². The van der Waals surface area contributed by atoms with Crippen molar-refractivity contribution in [2.24, 2.45) is 5.73 Å². The number of nitrogens with one attached hydrogen (secondary N) is 1. The van der Waals surface area contributed by atoms with E-state index in [4.69, 9.17) is 5.73 Å². The van der Waals surface area contributed by atoms with Crippen LogP contribution in [0.25, 0.3) is 0 Å². The predicted octanol–water partition coefficient (Wildman–Crippen LogP) is 3.08. The van der Waals surface area contributed by atoms with Crippen LogP contribution in [-0.2, 0) is 9.53 Å².